The van der Waals surface area contributed by atoms with Gasteiger partial charge in [-0.3, -0.25) is 0 Å². The molecule has 0 radical (unpaired) electrons. The molecular formula is C12H16IN3O3S. The van der Waals surface area contributed by atoms with Crippen LogP contribution in [0, 0.1) is 3.57 Å². The van der Waals surface area contributed by atoms with E-state index in [9.17, 15) is 13.2 Å². The number of rotatable bonds is 2. The van der Waals surface area contributed by atoms with Gasteiger partial charge in [-0.1, -0.05) is 12.1 Å². The molecule has 8 heteroatoms. The zero-order chi connectivity index (χ0) is 14.8. The SMILES string of the molecule is CS(=O)(=O)N1CCN(C(=O)Nc2ccccc2I)CC1. The maximum atomic E-state index is 12.1. The number of carbonyl (C=O) groups excluding carboxylic acids is 1. The molecule has 1 aromatic rings. The lowest BCUT2D eigenvalue weighted by Gasteiger charge is -2.33. The van der Waals surface area contributed by atoms with Gasteiger partial charge in [0, 0.05) is 29.7 Å². The first-order chi connectivity index (χ1) is 9.38. The van der Waals surface area contributed by atoms with Crippen LogP contribution in [0.4, 0.5) is 10.5 Å². The molecule has 0 unspecified atom stereocenters. The molecule has 0 spiro atoms. The number of amides is 2. The third-order valence-electron chi connectivity index (χ3n) is 3.11. The molecule has 2 rings (SSSR count). The summed E-state index contributed by atoms with van der Waals surface area (Å²) in [6, 6.07) is 7.33. The molecule has 0 atom stereocenters. The average molecular weight is 409 g/mol. The molecule has 1 aromatic carbocycles. The number of nitrogens with one attached hydrogen (secondary N) is 1. The van der Waals surface area contributed by atoms with Crippen LogP contribution in [0.25, 0.3) is 0 Å². The Balaban J connectivity index is 1.94. The lowest BCUT2D eigenvalue weighted by atomic mass is 10.3. The molecule has 1 N–H and O–H groups in total. The van der Waals surface area contributed by atoms with E-state index in [-0.39, 0.29) is 6.03 Å². The Kier molecular flexibility index (Phi) is 4.86. The van der Waals surface area contributed by atoms with Gasteiger partial charge in [-0.2, -0.15) is 4.31 Å². The van der Waals surface area contributed by atoms with E-state index in [4.69, 9.17) is 0 Å². The van der Waals surface area contributed by atoms with E-state index in [2.05, 4.69) is 27.9 Å². The van der Waals surface area contributed by atoms with Crippen molar-refractivity contribution in [1.82, 2.24) is 9.21 Å². The lowest BCUT2D eigenvalue weighted by Crippen LogP contribution is -2.51. The first kappa shape index (κ1) is 15.5. The highest BCUT2D eigenvalue weighted by molar-refractivity contribution is 14.1. The largest absolute Gasteiger partial charge is 0.322 e. The molecule has 20 heavy (non-hydrogen) atoms. The van der Waals surface area contributed by atoms with Crippen LogP contribution in [0.2, 0.25) is 0 Å². The van der Waals surface area contributed by atoms with Gasteiger partial charge in [0.2, 0.25) is 10.0 Å². The summed E-state index contributed by atoms with van der Waals surface area (Å²) in [7, 11) is -3.17. The highest BCUT2D eigenvalue weighted by atomic mass is 127. The number of nitrogens with zero attached hydrogens (tertiary/aromatic N) is 2. The average Bonchev–Trinajstić information content (AvgIpc) is 2.40. The molecule has 110 valence electrons. The monoisotopic (exact) mass is 409 g/mol. The predicted molar refractivity (Wildman–Crippen MR) is 86.2 cm³/mol. The summed E-state index contributed by atoms with van der Waals surface area (Å²) in [5.74, 6) is 0. The number of anilines is 1. The first-order valence-electron chi connectivity index (χ1n) is 6.13. The van der Waals surface area contributed by atoms with Gasteiger partial charge in [0.15, 0.2) is 0 Å². The number of halogens is 1. The van der Waals surface area contributed by atoms with Crippen molar-refractivity contribution in [1.29, 1.82) is 0 Å². The predicted octanol–water partition coefficient (Wildman–Crippen LogP) is 1.40. The van der Waals surface area contributed by atoms with E-state index in [1.165, 1.54) is 10.6 Å². The van der Waals surface area contributed by atoms with Crippen molar-refractivity contribution in [2.24, 2.45) is 0 Å². The Labute approximate surface area is 132 Å². The molecule has 1 fully saturated rings. The molecule has 1 saturated heterocycles. The number of sulfonamides is 1. The van der Waals surface area contributed by atoms with Crippen LogP contribution in [0.3, 0.4) is 0 Å². The molecule has 0 aromatic heterocycles. The van der Waals surface area contributed by atoms with Gasteiger partial charge in [0.1, 0.15) is 0 Å². The van der Waals surface area contributed by atoms with E-state index in [0.29, 0.717) is 26.2 Å². The molecule has 1 aliphatic heterocycles. The van der Waals surface area contributed by atoms with Crippen molar-refractivity contribution in [3.63, 3.8) is 0 Å². The quantitative estimate of drug-likeness (QED) is 0.751. The number of para-hydroxylation sites is 1. The molecule has 1 aliphatic rings. The maximum absolute atomic E-state index is 12.1. The second kappa shape index (κ2) is 6.27. The molecule has 0 bridgehead atoms. The standard InChI is InChI=1S/C12H16IN3O3S/c1-20(18,19)16-8-6-15(7-9-16)12(17)14-11-5-3-2-4-10(11)13/h2-5H,6-9H2,1H3,(H,14,17). The Morgan fingerprint density at radius 2 is 1.80 bits per heavy atom. The number of benzene rings is 1. The van der Waals surface area contributed by atoms with Crippen molar-refractivity contribution < 1.29 is 13.2 Å². The summed E-state index contributed by atoms with van der Waals surface area (Å²) in [5, 5.41) is 2.85. The van der Waals surface area contributed by atoms with Gasteiger partial charge in [-0.25, -0.2) is 13.2 Å². The second-order valence-corrected chi connectivity index (χ2v) is 7.70. The zero-order valence-corrected chi connectivity index (χ0v) is 14.0. The van der Waals surface area contributed by atoms with Crippen molar-refractivity contribution in [3.05, 3.63) is 27.8 Å². The summed E-state index contributed by atoms with van der Waals surface area (Å²) in [5.41, 5.74) is 0.767. The van der Waals surface area contributed by atoms with E-state index in [1.807, 2.05) is 24.3 Å². The summed E-state index contributed by atoms with van der Waals surface area (Å²) in [4.78, 5) is 13.7. The van der Waals surface area contributed by atoms with Gasteiger partial charge in [0.05, 0.1) is 11.9 Å². The Hall–Kier alpha value is -0.870. The van der Waals surface area contributed by atoms with E-state index >= 15 is 0 Å². The van der Waals surface area contributed by atoms with Gasteiger partial charge in [0.25, 0.3) is 0 Å². The highest BCUT2D eigenvalue weighted by Crippen LogP contribution is 2.18. The van der Waals surface area contributed by atoms with Crippen molar-refractivity contribution in [3.8, 4) is 0 Å². The van der Waals surface area contributed by atoms with Crippen LogP contribution in [0.5, 0.6) is 0 Å². The zero-order valence-electron chi connectivity index (χ0n) is 11.0. The van der Waals surface area contributed by atoms with Gasteiger partial charge in [-0.05, 0) is 34.7 Å². The number of hydrogen-bond donors (Lipinski definition) is 1. The molecule has 1 heterocycles. The third kappa shape index (κ3) is 3.83. The van der Waals surface area contributed by atoms with Gasteiger partial charge >= 0.3 is 6.03 Å². The van der Waals surface area contributed by atoms with E-state index in [1.54, 1.807) is 4.90 Å². The molecular weight excluding hydrogens is 393 g/mol. The van der Waals surface area contributed by atoms with Crippen molar-refractivity contribution >= 4 is 44.3 Å². The summed E-state index contributed by atoms with van der Waals surface area (Å²) in [6.07, 6.45) is 1.19. The van der Waals surface area contributed by atoms with Crippen LogP contribution in [0.15, 0.2) is 24.3 Å². The van der Waals surface area contributed by atoms with E-state index < -0.39 is 10.0 Å². The fraction of sp³-hybridized carbons (Fsp3) is 0.417. The topological polar surface area (TPSA) is 69.7 Å². The number of urea groups is 1. The number of carbonyl (C=O) groups is 1. The Bertz CT molecular complexity index is 598. The van der Waals surface area contributed by atoms with Gasteiger partial charge < -0.3 is 10.2 Å². The van der Waals surface area contributed by atoms with Crippen molar-refractivity contribution in [2.75, 3.05) is 37.8 Å². The Morgan fingerprint density at radius 1 is 1.20 bits per heavy atom. The molecule has 2 amide bonds. The van der Waals surface area contributed by atoms with Crippen LogP contribution in [-0.2, 0) is 10.0 Å². The fourth-order valence-electron chi connectivity index (χ4n) is 1.98. The van der Waals surface area contributed by atoms with Crippen molar-refractivity contribution in [2.45, 2.75) is 0 Å². The fourth-order valence-corrected chi connectivity index (χ4v) is 3.33. The minimum Gasteiger partial charge on any atom is -0.322 e. The first-order valence-corrected chi connectivity index (χ1v) is 9.06. The van der Waals surface area contributed by atoms with Crippen LogP contribution in [0.1, 0.15) is 0 Å². The third-order valence-corrected chi connectivity index (χ3v) is 5.35. The molecule has 0 saturated carbocycles. The smallest absolute Gasteiger partial charge is 0.321 e. The second-order valence-electron chi connectivity index (χ2n) is 4.56. The number of hydrogen-bond acceptors (Lipinski definition) is 3. The summed E-state index contributed by atoms with van der Waals surface area (Å²) in [6.45, 7) is 1.50. The summed E-state index contributed by atoms with van der Waals surface area (Å²) >= 11 is 2.16. The lowest BCUT2D eigenvalue weighted by molar-refractivity contribution is 0.184. The van der Waals surface area contributed by atoms with Gasteiger partial charge in [-0.15, -0.1) is 0 Å². The minimum absolute atomic E-state index is 0.192. The van der Waals surface area contributed by atoms with Crippen LogP contribution < -0.4 is 5.32 Å². The van der Waals surface area contributed by atoms with Crippen LogP contribution >= 0.6 is 22.6 Å². The molecule has 6 nitrogen and oxygen atoms in total. The normalized spacial score (nSPS) is 17.0. The molecule has 0 aliphatic carbocycles. The minimum atomic E-state index is -3.17. The summed E-state index contributed by atoms with van der Waals surface area (Å²) < 4.78 is 25.2. The van der Waals surface area contributed by atoms with Crippen LogP contribution in [-0.4, -0.2) is 56.1 Å². The maximum Gasteiger partial charge on any atom is 0.321 e. The highest BCUT2D eigenvalue weighted by Gasteiger charge is 2.26. The number of piperazine rings is 1. The van der Waals surface area contributed by atoms with E-state index in [0.717, 1.165) is 9.26 Å². The Morgan fingerprint density at radius 3 is 2.35 bits per heavy atom.